The topological polar surface area (TPSA) is 104 Å². The third-order valence-corrected chi connectivity index (χ3v) is 6.95. The Morgan fingerprint density at radius 2 is 1.40 bits per heavy atom. The van der Waals surface area contributed by atoms with Crippen LogP contribution in [0.5, 0.6) is 0 Å². The van der Waals surface area contributed by atoms with Crippen LogP contribution in [0.15, 0.2) is 76.3 Å². The van der Waals surface area contributed by atoms with E-state index in [1.165, 1.54) is 0 Å². The van der Waals surface area contributed by atoms with Gasteiger partial charge in [-0.2, -0.15) is 15.0 Å². The molecular formula is C34H42N8O. The Hall–Kier alpha value is -4.53. The van der Waals surface area contributed by atoms with Gasteiger partial charge in [0, 0.05) is 62.1 Å². The molecule has 0 saturated heterocycles. The lowest BCUT2D eigenvalue weighted by Crippen LogP contribution is -2.22. The summed E-state index contributed by atoms with van der Waals surface area (Å²) in [6.45, 7) is 13.8. The number of aliphatic imine (C=N–C) groups is 1. The van der Waals surface area contributed by atoms with Gasteiger partial charge in [-0.3, -0.25) is 4.99 Å². The second-order valence-corrected chi connectivity index (χ2v) is 11.8. The fourth-order valence-electron chi connectivity index (χ4n) is 4.64. The summed E-state index contributed by atoms with van der Waals surface area (Å²) < 4.78 is 6.40. The third kappa shape index (κ3) is 8.28. The maximum absolute atomic E-state index is 6.40. The van der Waals surface area contributed by atoms with Gasteiger partial charge in [0.15, 0.2) is 17.5 Å². The number of anilines is 2. The highest BCUT2D eigenvalue weighted by atomic mass is 16.4. The van der Waals surface area contributed by atoms with Crippen LogP contribution < -0.4 is 10.6 Å². The van der Waals surface area contributed by atoms with Gasteiger partial charge >= 0.3 is 0 Å². The van der Waals surface area contributed by atoms with Crippen LogP contribution in [0.25, 0.3) is 28.3 Å². The van der Waals surface area contributed by atoms with Gasteiger partial charge in [0.05, 0.1) is 0 Å². The van der Waals surface area contributed by atoms with Crippen molar-refractivity contribution in [3.8, 4) is 22.6 Å². The van der Waals surface area contributed by atoms with E-state index in [9.17, 15) is 0 Å². The standard InChI is InChI=1S/C34H42N8O/c1-23(2)20-35-33-39-32(40-34(41-33)36-21-24(3)4)28-22-42(18-16-25(5)37-28)19-17-29-38-30(26-12-8-6-9-13-26)31(43-29)27-14-10-7-11-15-27/h6-15,22-24H,16-21H2,1-5H3,(H2,35,36,39,40,41). The lowest BCUT2D eigenvalue weighted by atomic mass is 10.1. The minimum Gasteiger partial charge on any atom is -0.440 e. The van der Waals surface area contributed by atoms with Gasteiger partial charge in [-0.25, -0.2) is 4.98 Å². The first-order valence-electron chi connectivity index (χ1n) is 15.2. The maximum atomic E-state index is 6.40. The average molecular weight is 579 g/mol. The van der Waals surface area contributed by atoms with E-state index in [2.05, 4.69) is 85.6 Å². The van der Waals surface area contributed by atoms with Gasteiger partial charge in [-0.1, -0.05) is 88.4 Å². The molecule has 224 valence electrons. The van der Waals surface area contributed by atoms with E-state index < -0.39 is 0 Å². The van der Waals surface area contributed by atoms with E-state index in [1.807, 2.05) is 36.4 Å². The predicted molar refractivity (Wildman–Crippen MR) is 175 cm³/mol. The van der Waals surface area contributed by atoms with Crippen LogP contribution in [-0.4, -0.2) is 56.7 Å². The lowest BCUT2D eigenvalue weighted by Gasteiger charge is -2.18. The number of nitrogens with one attached hydrogen (secondary N) is 2. The zero-order chi connectivity index (χ0) is 30.2. The largest absolute Gasteiger partial charge is 0.440 e. The molecule has 2 N–H and O–H groups in total. The predicted octanol–water partition coefficient (Wildman–Crippen LogP) is 7.04. The van der Waals surface area contributed by atoms with Crippen LogP contribution in [-0.2, 0) is 6.42 Å². The maximum Gasteiger partial charge on any atom is 0.228 e. The van der Waals surface area contributed by atoms with E-state index >= 15 is 0 Å². The van der Waals surface area contributed by atoms with E-state index in [0.717, 1.165) is 66.6 Å². The van der Waals surface area contributed by atoms with Crippen LogP contribution in [0.4, 0.5) is 11.9 Å². The Balaban J connectivity index is 1.40. The summed E-state index contributed by atoms with van der Waals surface area (Å²) >= 11 is 0. The minimum absolute atomic E-state index is 0.458. The number of hydrogen-bond acceptors (Lipinski definition) is 9. The van der Waals surface area contributed by atoms with Crippen molar-refractivity contribution in [2.24, 2.45) is 16.8 Å². The fourth-order valence-corrected chi connectivity index (χ4v) is 4.64. The molecule has 0 amide bonds. The van der Waals surface area contributed by atoms with Crippen LogP contribution >= 0.6 is 0 Å². The van der Waals surface area contributed by atoms with Crippen LogP contribution in [0, 0.1) is 11.8 Å². The summed E-state index contributed by atoms with van der Waals surface area (Å²) in [4.78, 5) is 26.3. The molecule has 5 rings (SSSR count). The molecule has 0 aliphatic carbocycles. The zero-order valence-corrected chi connectivity index (χ0v) is 25.8. The summed E-state index contributed by atoms with van der Waals surface area (Å²) in [6.07, 6.45) is 3.55. The molecule has 4 aromatic rings. The lowest BCUT2D eigenvalue weighted by molar-refractivity contribution is 0.372. The van der Waals surface area contributed by atoms with Crippen molar-refractivity contribution in [3.63, 3.8) is 0 Å². The number of benzene rings is 2. The highest BCUT2D eigenvalue weighted by Gasteiger charge is 2.19. The van der Waals surface area contributed by atoms with Gasteiger partial charge in [0.2, 0.25) is 11.9 Å². The van der Waals surface area contributed by atoms with E-state index in [-0.39, 0.29) is 0 Å². The van der Waals surface area contributed by atoms with Crippen molar-refractivity contribution in [2.75, 3.05) is 36.8 Å². The number of nitrogens with zero attached hydrogens (tertiary/aromatic N) is 6. The van der Waals surface area contributed by atoms with E-state index in [4.69, 9.17) is 24.4 Å². The first kappa shape index (κ1) is 29.9. The monoisotopic (exact) mass is 578 g/mol. The van der Waals surface area contributed by atoms with E-state index in [1.54, 1.807) is 0 Å². The fraction of sp³-hybridized carbons (Fsp3) is 0.382. The van der Waals surface area contributed by atoms with Crippen LogP contribution in [0.3, 0.4) is 0 Å². The quantitative estimate of drug-likeness (QED) is 0.185. The van der Waals surface area contributed by atoms with Gasteiger partial charge < -0.3 is 20.0 Å². The SMILES string of the molecule is CC1=NC(c2nc(NCC(C)C)nc(NCC(C)C)n2)=CN(CCc2nc(-c3ccccc3)c(-c3ccccc3)o2)CC1. The molecular weight excluding hydrogens is 536 g/mol. The van der Waals surface area contributed by atoms with Gasteiger partial charge in [0.25, 0.3) is 0 Å². The first-order chi connectivity index (χ1) is 20.8. The van der Waals surface area contributed by atoms with Crippen molar-refractivity contribution < 1.29 is 4.42 Å². The van der Waals surface area contributed by atoms with Gasteiger partial charge in [-0.05, 0) is 18.8 Å². The molecule has 0 bridgehead atoms. The molecule has 0 spiro atoms. The summed E-state index contributed by atoms with van der Waals surface area (Å²) in [5, 5.41) is 6.72. The molecule has 3 heterocycles. The Morgan fingerprint density at radius 1 is 0.791 bits per heavy atom. The Bertz CT molecular complexity index is 1460. The minimum atomic E-state index is 0.458. The third-order valence-electron chi connectivity index (χ3n) is 6.95. The average Bonchev–Trinajstić information content (AvgIpc) is 3.35. The highest BCUT2D eigenvalue weighted by Crippen LogP contribution is 2.33. The molecule has 0 saturated carbocycles. The second kappa shape index (κ2) is 14.1. The number of oxazole rings is 1. The van der Waals surface area contributed by atoms with Crippen LogP contribution in [0.2, 0.25) is 0 Å². The molecule has 0 radical (unpaired) electrons. The summed E-state index contributed by atoms with van der Waals surface area (Å²) in [7, 11) is 0. The van der Waals surface area contributed by atoms with Gasteiger partial charge in [0.1, 0.15) is 11.4 Å². The Morgan fingerprint density at radius 3 is 2.00 bits per heavy atom. The molecule has 1 aliphatic rings. The van der Waals surface area contributed by atoms with Crippen molar-refractivity contribution >= 4 is 23.3 Å². The number of aromatic nitrogens is 4. The summed E-state index contributed by atoms with van der Waals surface area (Å²) in [5.74, 6) is 4.07. The first-order valence-corrected chi connectivity index (χ1v) is 15.2. The van der Waals surface area contributed by atoms with Crippen molar-refractivity contribution in [1.29, 1.82) is 0 Å². The normalized spacial score (nSPS) is 13.6. The molecule has 0 atom stereocenters. The van der Waals surface area contributed by atoms with Crippen molar-refractivity contribution in [1.82, 2.24) is 24.8 Å². The number of rotatable bonds is 12. The second-order valence-electron chi connectivity index (χ2n) is 11.8. The molecule has 0 unspecified atom stereocenters. The van der Waals surface area contributed by atoms with Crippen molar-refractivity contribution in [2.45, 2.75) is 47.5 Å². The molecule has 2 aromatic heterocycles. The number of hydrogen-bond donors (Lipinski definition) is 2. The van der Waals surface area contributed by atoms with E-state index in [0.29, 0.717) is 41.9 Å². The Labute approximate surface area is 254 Å². The highest BCUT2D eigenvalue weighted by molar-refractivity contribution is 5.88. The van der Waals surface area contributed by atoms with Gasteiger partial charge in [-0.15, -0.1) is 0 Å². The molecule has 43 heavy (non-hydrogen) atoms. The molecule has 1 aliphatic heterocycles. The van der Waals surface area contributed by atoms with Crippen molar-refractivity contribution in [3.05, 3.63) is 78.6 Å². The molecule has 0 fully saturated rings. The Kier molecular flexibility index (Phi) is 9.81. The van der Waals surface area contributed by atoms with Crippen LogP contribution in [0.1, 0.15) is 52.8 Å². The molecule has 9 nitrogen and oxygen atoms in total. The summed E-state index contributed by atoms with van der Waals surface area (Å²) in [6, 6.07) is 20.4. The molecule has 2 aromatic carbocycles. The zero-order valence-electron chi connectivity index (χ0n) is 25.8. The summed E-state index contributed by atoms with van der Waals surface area (Å²) in [5.41, 5.74) is 4.67. The smallest absolute Gasteiger partial charge is 0.228 e. The molecule has 9 heteroatoms.